The summed E-state index contributed by atoms with van der Waals surface area (Å²) in [6.07, 6.45) is 1.96. The molecule has 0 radical (unpaired) electrons. The molecule has 0 amide bonds. The molecule has 6 heteroatoms. The summed E-state index contributed by atoms with van der Waals surface area (Å²) >= 11 is 9.13. The SMILES string of the molecule is N#CC1=C([S-])NC(O)(c2ccccc2)C([n+]2cccc3ccccc32)C1c1ccc(Br)cc1. The van der Waals surface area contributed by atoms with Gasteiger partial charge in [-0.15, -0.1) is 0 Å². The van der Waals surface area contributed by atoms with Crippen molar-refractivity contribution < 1.29 is 9.67 Å². The van der Waals surface area contributed by atoms with Crippen LogP contribution in [0.3, 0.4) is 0 Å². The lowest BCUT2D eigenvalue weighted by Gasteiger charge is -2.45. The molecular weight excluding hydrogens is 494 g/mol. The Hall–Kier alpha value is -3.24. The summed E-state index contributed by atoms with van der Waals surface area (Å²) in [5.41, 5.74) is 1.41. The fourth-order valence-electron chi connectivity index (χ4n) is 4.72. The molecule has 1 aromatic heterocycles. The zero-order valence-corrected chi connectivity index (χ0v) is 19.9. The normalized spacial score (nSPS) is 22.6. The second-order valence-corrected chi connectivity index (χ2v) is 9.38. The molecular formula is C27H20BrN3OS. The van der Waals surface area contributed by atoms with Crippen LogP contribution in [0.25, 0.3) is 10.9 Å². The molecule has 4 nitrogen and oxygen atoms in total. The Morgan fingerprint density at radius 2 is 1.61 bits per heavy atom. The van der Waals surface area contributed by atoms with Crippen LogP contribution in [-0.2, 0) is 18.4 Å². The highest BCUT2D eigenvalue weighted by Crippen LogP contribution is 2.47. The van der Waals surface area contributed by atoms with Gasteiger partial charge in [0.1, 0.15) is 0 Å². The Bertz CT molecular complexity index is 1390. The topological polar surface area (TPSA) is 59.9 Å². The molecule has 3 aromatic carbocycles. The molecule has 0 saturated carbocycles. The average molecular weight is 514 g/mol. The molecule has 3 atom stereocenters. The molecule has 3 unspecified atom stereocenters. The lowest BCUT2D eigenvalue weighted by atomic mass is 9.75. The van der Waals surface area contributed by atoms with Crippen LogP contribution >= 0.6 is 15.9 Å². The first-order chi connectivity index (χ1) is 16.0. The van der Waals surface area contributed by atoms with Crippen molar-refractivity contribution in [2.24, 2.45) is 0 Å². The van der Waals surface area contributed by atoms with Crippen LogP contribution in [0.4, 0.5) is 0 Å². The van der Waals surface area contributed by atoms with Crippen LogP contribution in [0, 0.1) is 11.3 Å². The minimum atomic E-state index is -1.55. The van der Waals surface area contributed by atoms with E-state index in [0.717, 1.165) is 20.9 Å². The van der Waals surface area contributed by atoms with E-state index in [1.165, 1.54) is 0 Å². The number of halogens is 1. The summed E-state index contributed by atoms with van der Waals surface area (Å²) in [5.74, 6) is -0.474. The fraction of sp³-hybridized carbons (Fsp3) is 0.111. The number of benzene rings is 3. The van der Waals surface area contributed by atoms with Crippen molar-refractivity contribution in [3.8, 4) is 6.07 Å². The Morgan fingerprint density at radius 3 is 2.33 bits per heavy atom. The van der Waals surface area contributed by atoms with Gasteiger partial charge in [-0.05, 0) is 29.8 Å². The number of aliphatic hydroxyl groups is 1. The zero-order chi connectivity index (χ0) is 23.0. The minimum Gasteiger partial charge on any atom is -0.762 e. The molecule has 162 valence electrons. The van der Waals surface area contributed by atoms with Crippen molar-refractivity contribution in [2.75, 3.05) is 0 Å². The second-order valence-electron chi connectivity index (χ2n) is 8.06. The molecule has 4 aromatic rings. The van der Waals surface area contributed by atoms with Crippen LogP contribution in [-0.4, -0.2) is 5.11 Å². The van der Waals surface area contributed by atoms with Gasteiger partial charge < -0.3 is 23.1 Å². The number of hydrogen-bond donors (Lipinski definition) is 2. The highest BCUT2D eigenvalue weighted by Gasteiger charge is 2.54. The third-order valence-corrected chi connectivity index (χ3v) is 7.05. The number of nitrogens with zero attached hydrogens (tertiary/aromatic N) is 2. The van der Waals surface area contributed by atoms with Gasteiger partial charge in [-0.3, -0.25) is 0 Å². The quantitative estimate of drug-likeness (QED) is 0.300. The first-order valence-corrected chi connectivity index (χ1v) is 11.7. The van der Waals surface area contributed by atoms with Crippen LogP contribution < -0.4 is 9.88 Å². The maximum Gasteiger partial charge on any atom is 0.225 e. The van der Waals surface area contributed by atoms with Crippen molar-refractivity contribution in [2.45, 2.75) is 17.7 Å². The summed E-state index contributed by atoms with van der Waals surface area (Å²) in [5, 5.41) is 26.9. The molecule has 33 heavy (non-hydrogen) atoms. The number of para-hydroxylation sites is 1. The van der Waals surface area contributed by atoms with E-state index in [0.29, 0.717) is 11.1 Å². The highest BCUT2D eigenvalue weighted by molar-refractivity contribution is 9.10. The summed E-state index contributed by atoms with van der Waals surface area (Å²) in [6, 6.07) is 31.1. The number of aromatic nitrogens is 1. The number of fused-ring (bicyclic) bond motifs is 1. The van der Waals surface area contributed by atoms with Crippen molar-refractivity contribution >= 4 is 39.5 Å². The molecule has 0 bridgehead atoms. The van der Waals surface area contributed by atoms with Crippen LogP contribution in [0.2, 0.25) is 0 Å². The molecule has 1 aliphatic heterocycles. The fourth-order valence-corrected chi connectivity index (χ4v) is 5.31. The zero-order valence-electron chi connectivity index (χ0n) is 17.5. The number of hydrogen-bond acceptors (Lipinski definition) is 4. The van der Waals surface area contributed by atoms with Crippen LogP contribution in [0.1, 0.15) is 23.1 Å². The molecule has 1 aliphatic rings. The number of allylic oxidation sites excluding steroid dienone is 1. The van der Waals surface area contributed by atoms with Crippen molar-refractivity contribution in [1.82, 2.24) is 5.32 Å². The molecule has 0 spiro atoms. The smallest absolute Gasteiger partial charge is 0.225 e. The third-order valence-electron chi connectivity index (χ3n) is 6.20. The van der Waals surface area contributed by atoms with E-state index >= 15 is 0 Å². The Kier molecular flexibility index (Phi) is 5.63. The number of pyridine rings is 1. The summed E-state index contributed by atoms with van der Waals surface area (Å²) in [6.45, 7) is 0. The average Bonchev–Trinajstić information content (AvgIpc) is 2.84. The molecule has 2 heterocycles. The molecule has 2 N–H and O–H groups in total. The summed E-state index contributed by atoms with van der Waals surface area (Å²) < 4.78 is 3.00. The Morgan fingerprint density at radius 1 is 0.939 bits per heavy atom. The third kappa shape index (κ3) is 3.68. The number of nitrogens with one attached hydrogen (secondary N) is 1. The second kappa shape index (κ2) is 8.60. The summed E-state index contributed by atoms with van der Waals surface area (Å²) in [4.78, 5) is 0. The Balaban J connectivity index is 1.85. The van der Waals surface area contributed by atoms with E-state index in [9.17, 15) is 10.4 Å². The molecule has 0 fully saturated rings. The van der Waals surface area contributed by atoms with E-state index in [1.54, 1.807) is 0 Å². The van der Waals surface area contributed by atoms with Gasteiger partial charge in [0.25, 0.3) is 0 Å². The lowest BCUT2D eigenvalue weighted by Crippen LogP contribution is -2.62. The molecule has 5 rings (SSSR count). The predicted molar refractivity (Wildman–Crippen MR) is 134 cm³/mol. The lowest BCUT2D eigenvalue weighted by molar-refractivity contribution is -0.720. The van der Waals surface area contributed by atoms with Gasteiger partial charge in [-0.25, -0.2) is 0 Å². The van der Waals surface area contributed by atoms with Gasteiger partial charge in [0.15, 0.2) is 6.20 Å². The first kappa shape index (κ1) is 21.6. The first-order valence-electron chi connectivity index (χ1n) is 10.5. The van der Waals surface area contributed by atoms with Crippen molar-refractivity contribution in [3.05, 3.63) is 123 Å². The van der Waals surface area contributed by atoms with Gasteiger partial charge in [0.05, 0.1) is 12.0 Å². The largest absolute Gasteiger partial charge is 0.762 e. The number of nitriles is 1. The van der Waals surface area contributed by atoms with Gasteiger partial charge in [0.2, 0.25) is 17.3 Å². The van der Waals surface area contributed by atoms with Gasteiger partial charge in [-0.1, -0.05) is 75.6 Å². The van der Waals surface area contributed by atoms with E-state index < -0.39 is 17.7 Å². The Labute approximate surface area is 206 Å². The van der Waals surface area contributed by atoms with E-state index in [2.05, 4.69) is 31.9 Å². The van der Waals surface area contributed by atoms with E-state index in [4.69, 9.17) is 12.6 Å². The predicted octanol–water partition coefficient (Wildman–Crippen LogP) is 4.95. The standard InChI is InChI=1S/C27H20BrN3OS/c28-21-14-12-19(13-15-21)24-22(17-29)26(33)30-27(32,20-9-2-1-3-10-20)25(24)31-16-6-8-18-7-4-5-11-23(18)31/h1-16,24-25,30,32H. The van der Waals surface area contributed by atoms with E-state index in [-0.39, 0.29) is 5.03 Å². The van der Waals surface area contributed by atoms with Crippen molar-refractivity contribution in [3.63, 3.8) is 0 Å². The van der Waals surface area contributed by atoms with Gasteiger partial charge in [0, 0.05) is 33.1 Å². The monoisotopic (exact) mass is 513 g/mol. The van der Waals surface area contributed by atoms with Gasteiger partial charge in [-0.2, -0.15) is 9.83 Å². The van der Waals surface area contributed by atoms with Gasteiger partial charge >= 0.3 is 0 Å². The minimum absolute atomic E-state index is 0.258. The maximum absolute atomic E-state index is 12.3. The van der Waals surface area contributed by atoms with E-state index in [1.807, 2.05) is 97.2 Å². The summed E-state index contributed by atoms with van der Waals surface area (Å²) in [7, 11) is 0. The maximum atomic E-state index is 12.3. The molecule has 0 saturated heterocycles. The highest BCUT2D eigenvalue weighted by atomic mass is 79.9. The number of rotatable bonds is 3. The molecule has 0 aliphatic carbocycles. The van der Waals surface area contributed by atoms with Crippen molar-refractivity contribution in [1.29, 1.82) is 5.26 Å². The van der Waals surface area contributed by atoms with Crippen LogP contribution in [0.15, 0.2) is 112 Å². The van der Waals surface area contributed by atoms with Crippen LogP contribution in [0.5, 0.6) is 0 Å².